The first kappa shape index (κ1) is 10.0. The second-order valence-electron chi connectivity index (χ2n) is 3.02. The summed E-state index contributed by atoms with van der Waals surface area (Å²) >= 11 is 0. The molecule has 1 aromatic rings. The van der Waals surface area contributed by atoms with E-state index in [-0.39, 0.29) is 18.4 Å². The first-order valence-electron chi connectivity index (χ1n) is 4.27. The van der Waals surface area contributed by atoms with E-state index in [0.29, 0.717) is 0 Å². The highest BCUT2D eigenvalue weighted by molar-refractivity contribution is 5.39. The molecule has 0 aliphatic carbocycles. The maximum absolute atomic E-state index is 9.43. The Bertz CT molecular complexity index is 282. The lowest BCUT2D eigenvalue weighted by molar-refractivity contribution is 0.250. The lowest BCUT2D eigenvalue weighted by atomic mass is 10.0. The molecule has 13 heavy (non-hydrogen) atoms. The molecule has 1 rings (SSSR count). The van der Waals surface area contributed by atoms with Gasteiger partial charge in [0.1, 0.15) is 5.75 Å². The van der Waals surface area contributed by atoms with Crippen LogP contribution >= 0.6 is 0 Å². The lowest BCUT2D eigenvalue weighted by Crippen LogP contribution is -2.20. The van der Waals surface area contributed by atoms with Gasteiger partial charge in [0.05, 0.1) is 12.6 Å². The van der Waals surface area contributed by atoms with Gasteiger partial charge in [0.2, 0.25) is 0 Å². The quantitative estimate of drug-likeness (QED) is 0.651. The molecular weight excluding hydrogens is 166 g/mol. The SMILES string of the molecule is CN[C@H](CO)c1cccc(O)c1C. The third-order valence-electron chi connectivity index (χ3n) is 2.25. The number of phenols is 1. The van der Waals surface area contributed by atoms with E-state index in [1.54, 1.807) is 19.2 Å². The monoisotopic (exact) mass is 181 g/mol. The predicted octanol–water partition coefficient (Wildman–Crippen LogP) is 0.953. The molecule has 0 saturated carbocycles. The van der Waals surface area contributed by atoms with Crippen LogP contribution in [0.25, 0.3) is 0 Å². The molecule has 1 atom stereocenters. The lowest BCUT2D eigenvalue weighted by Gasteiger charge is -2.16. The average Bonchev–Trinajstić information content (AvgIpc) is 2.14. The Hall–Kier alpha value is -1.06. The molecule has 0 aliphatic heterocycles. The van der Waals surface area contributed by atoms with Crippen LogP contribution in [0.2, 0.25) is 0 Å². The van der Waals surface area contributed by atoms with Gasteiger partial charge >= 0.3 is 0 Å². The highest BCUT2D eigenvalue weighted by Gasteiger charge is 2.11. The van der Waals surface area contributed by atoms with Crippen LogP contribution in [0.3, 0.4) is 0 Å². The second kappa shape index (κ2) is 4.25. The Labute approximate surface area is 78.0 Å². The topological polar surface area (TPSA) is 52.5 Å². The Morgan fingerprint density at radius 1 is 1.46 bits per heavy atom. The summed E-state index contributed by atoms with van der Waals surface area (Å²) in [7, 11) is 1.78. The van der Waals surface area contributed by atoms with E-state index >= 15 is 0 Å². The number of hydrogen-bond donors (Lipinski definition) is 3. The normalized spacial score (nSPS) is 12.8. The van der Waals surface area contributed by atoms with Crippen LogP contribution in [0.5, 0.6) is 5.75 Å². The van der Waals surface area contributed by atoms with Crippen molar-refractivity contribution in [2.45, 2.75) is 13.0 Å². The molecule has 0 saturated heterocycles. The van der Waals surface area contributed by atoms with Crippen molar-refractivity contribution in [3.8, 4) is 5.75 Å². The summed E-state index contributed by atoms with van der Waals surface area (Å²) in [5.41, 5.74) is 1.75. The molecule has 0 radical (unpaired) electrons. The van der Waals surface area contributed by atoms with Gasteiger partial charge in [-0.05, 0) is 31.2 Å². The highest BCUT2D eigenvalue weighted by atomic mass is 16.3. The van der Waals surface area contributed by atoms with Gasteiger partial charge < -0.3 is 15.5 Å². The molecular formula is C10H15NO2. The maximum Gasteiger partial charge on any atom is 0.118 e. The van der Waals surface area contributed by atoms with Crippen LogP contribution < -0.4 is 5.32 Å². The van der Waals surface area contributed by atoms with Crippen molar-refractivity contribution in [2.75, 3.05) is 13.7 Å². The van der Waals surface area contributed by atoms with E-state index < -0.39 is 0 Å². The fourth-order valence-electron chi connectivity index (χ4n) is 1.36. The fourth-order valence-corrected chi connectivity index (χ4v) is 1.36. The smallest absolute Gasteiger partial charge is 0.118 e. The summed E-state index contributed by atoms with van der Waals surface area (Å²) < 4.78 is 0. The van der Waals surface area contributed by atoms with Crippen molar-refractivity contribution in [1.29, 1.82) is 0 Å². The Morgan fingerprint density at radius 2 is 2.15 bits per heavy atom. The van der Waals surface area contributed by atoms with Crippen LogP contribution in [-0.4, -0.2) is 23.9 Å². The van der Waals surface area contributed by atoms with E-state index in [9.17, 15) is 5.11 Å². The van der Waals surface area contributed by atoms with Crippen LogP contribution in [0.4, 0.5) is 0 Å². The third-order valence-corrected chi connectivity index (χ3v) is 2.25. The number of aromatic hydroxyl groups is 1. The molecule has 0 unspecified atom stereocenters. The van der Waals surface area contributed by atoms with Crippen LogP contribution in [-0.2, 0) is 0 Å². The van der Waals surface area contributed by atoms with Crippen molar-refractivity contribution in [3.63, 3.8) is 0 Å². The van der Waals surface area contributed by atoms with E-state index in [4.69, 9.17) is 5.11 Å². The minimum atomic E-state index is -0.105. The number of rotatable bonds is 3. The number of likely N-dealkylation sites (N-methyl/N-ethyl adjacent to an activating group) is 1. The van der Waals surface area contributed by atoms with Crippen molar-refractivity contribution in [3.05, 3.63) is 29.3 Å². The van der Waals surface area contributed by atoms with Gasteiger partial charge in [-0.15, -0.1) is 0 Å². The molecule has 0 spiro atoms. The predicted molar refractivity (Wildman–Crippen MR) is 51.7 cm³/mol. The molecule has 1 aromatic carbocycles. The first-order chi connectivity index (χ1) is 6.20. The summed E-state index contributed by atoms with van der Waals surface area (Å²) in [6.07, 6.45) is 0. The average molecular weight is 181 g/mol. The molecule has 0 aliphatic rings. The zero-order valence-electron chi connectivity index (χ0n) is 7.91. The molecule has 0 aromatic heterocycles. The molecule has 0 heterocycles. The number of hydrogen-bond acceptors (Lipinski definition) is 3. The number of aliphatic hydroxyl groups is 1. The summed E-state index contributed by atoms with van der Waals surface area (Å²) in [6, 6.07) is 5.21. The zero-order chi connectivity index (χ0) is 9.84. The molecule has 0 bridgehead atoms. The number of aliphatic hydroxyl groups excluding tert-OH is 1. The van der Waals surface area contributed by atoms with Gasteiger partial charge in [-0.1, -0.05) is 12.1 Å². The third kappa shape index (κ3) is 1.99. The van der Waals surface area contributed by atoms with Gasteiger partial charge in [0, 0.05) is 0 Å². The maximum atomic E-state index is 9.43. The van der Waals surface area contributed by atoms with E-state index in [0.717, 1.165) is 11.1 Å². The Balaban J connectivity index is 3.05. The first-order valence-corrected chi connectivity index (χ1v) is 4.27. The molecule has 3 N–H and O–H groups in total. The number of nitrogens with one attached hydrogen (secondary N) is 1. The van der Waals surface area contributed by atoms with Crippen molar-refractivity contribution < 1.29 is 10.2 Å². The summed E-state index contributed by atoms with van der Waals surface area (Å²) in [5, 5.41) is 21.5. The largest absolute Gasteiger partial charge is 0.508 e. The van der Waals surface area contributed by atoms with Gasteiger partial charge in [-0.25, -0.2) is 0 Å². The van der Waals surface area contributed by atoms with Crippen LogP contribution in [0, 0.1) is 6.92 Å². The van der Waals surface area contributed by atoms with Gasteiger partial charge in [-0.2, -0.15) is 0 Å². The highest BCUT2D eigenvalue weighted by Crippen LogP contribution is 2.24. The fraction of sp³-hybridized carbons (Fsp3) is 0.400. The van der Waals surface area contributed by atoms with Gasteiger partial charge in [0.15, 0.2) is 0 Å². The molecule has 3 heteroatoms. The van der Waals surface area contributed by atoms with Crippen LogP contribution in [0.15, 0.2) is 18.2 Å². The van der Waals surface area contributed by atoms with Gasteiger partial charge in [-0.3, -0.25) is 0 Å². The van der Waals surface area contributed by atoms with E-state index in [1.165, 1.54) is 0 Å². The summed E-state index contributed by atoms with van der Waals surface area (Å²) in [5.74, 6) is 0.270. The number of benzene rings is 1. The van der Waals surface area contributed by atoms with Crippen LogP contribution in [0.1, 0.15) is 17.2 Å². The molecule has 72 valence electrons. The molecule has 0 amide bonds. The zero-order valence-corrected chi connectivity index (χ0v) is 7.91. The molecule has 0 fully saturated rings. The standard InChI is InChI=1S/C10H15NO2/c1-7-8(9(6-12)11-2)4-3-5-10(7)13/h3-5,9,11-13H,6H2,1-2H3/t9-/m1/s1. The van der Waals surface area contributed by atoms with Crippen molar-refractivity contribution >= 4 is 0 Å². The van der Waals surface area contributed by atoms with Crippen molar-refractivity contribution in [2.24, 2.45) is 0 Å². The Kier molecular flexibility index (Phi) is 3.28. The summed E-state index contributed by atoms with van der Waals surface area (Å²) in [6.45, 7) is 1.87. The van der Waals surface area contributed by atoms with E-state index in [1.807, 2.05) is 13.0 Å². The van der Waals surface area contributed by atoms with E-state index in [2.05, 4.69) is 5.32 Å². The molecule has 3 nitrogen and oxygen atoms in total. The van der Waals surface area contributed by atoms with Gasteiger partial charge in [0.25, 0.3) is 0 Å². The minimum absolute atomic E-state index is 0.0286. The summed E-state index contributed by atoms with van der Waals surface area (Å²) in [4.78, 5) is 0. The van der Waals surface area contributed by atoms with Crippen molar-refractivity contribution in [1.82, 2.24) is 5.32 Å². The number of phenolic OH excluding ortho intramolecular Hbond substituents is 1. The Morgan fingerprint density at radius 3 is 2.69 bits per heavy atom. The second-order valence-corrected chi connectivity index (χ2v) is 3.02. The minimum Gasteiger partial charge on any atom is -0.508 e.